The summed E-state index contributed by atoms with van der Waals surface area (Å²) in [5.74, 6) is 0.206. The molecule has 0 aliphatic rings. The largest absolute Gasteiger partial charge is 0.493 e. The summed E-state index contributed by atoms with van der Waals surface area (Å²) in [5.41, 5.74) is 5.42. The van der Waals surface area contributed by atoms with Crippen LogP contribution in [0.15, 0.2) is 76.3 Å². The van der Waals surface area contributed by atoms with Crippen molar-refractivity contribution < 1.29 is 19.4 Å². The fourth-order valence-corrected chi connectivity index (χ4v) is 2.98. The number of methoxy groups -OCH3 is 1. The molecule has 148 valence electrons. The Morgan fingerprint density at radius 1 is 1.10 bits per heavy atom. The molecule has 0 saturated carbocycles. The van der Waals surface area contributed by atoms with Crippen LogP contribution in [-0.2, 0) is 6.61 Å². The van der Waals surface area contributed by atoms with Gasteiger partial charge in [0.1, 0.15) is 6.61 Å². The van der Waals surface area contributed by atoms with Crippen LogP contribution in [0.5, 0.6) is 11.5 Å². The van der Waals surface area contributed by atoms with Crippen molar-refractivity contribution in [2.75, 3.05) is 12.5 Å². The maximum Gasteiger partial charge on any atom is 0.335 e. The molecule has 7 heteroatoms. The van der Waals surface area contributed by atoms with Crippen LogP contribution in [-0.4, -0.2) is 24.4 Å². The molecule has 6 nitrogen and oxygen atoms in total. The van der Waals surface area contributed by atoms with Gasteiger partial charge >= 0.3 is 5.97 Å². The number of hydrazone groups is 1. The molecule has 0 aromatic heterocycles. The molecule has 0 unspecified atom stereocenters. The van der Waals surface area contributed by atoms with E-state index in [1.165, 1.54) is 12.1 Å². The van der Waals surface area contributed by atoms with Gasteiger partial charge in [-0.3, -0.25) is 5.43 Å². The third-order valence-electron chi connectivity index (χ3n) is 4.03. The van der Waals surface area contributed by atoms with Crippen LogP contribution in [0.2, 0.25) is 0 Å². The van der Waals surface area contributed by atoms with Gasteiger partial charge in [0.2, 0.25) is 0 Å². The summed E-state index contributed by atoms with van der Waals surface area (Å²) in [6, 6.07) is 19.9. The van der Waals surface area contributed by atoms with E-state index in [0.29, 0.717) is 23.8 Å². The van der Waals surface area contributed by atoms with Crippen LogP contribution in [0, 0.1) is 0 Å². The molecule has 0 bridgehead atoms. The summed E-state index contributed by atoms with van der Waals surface area (Å²) in [6.45, 7) is 0.429. The minimum absolute atomic E-state index is 0.188. The highest BCUT2D eigenvalue weighted by atomic mass is 79.9. The van der Waals surface area contributed by atoms with E-state index in [0.717, 1.165) is 15.6 Å². The van der Waals surface area contributed by atoms with Crippen molar-refractivity contribution in [3.63, 3.8) is 0 Å². The average Bonchev–Trinajstić information content (AvgIpc) is 2.74. The van der Waals surface area contributed by atoms with Crippen molar-refractivity contribution in [3.05, 3.63) is 87.9 Å². The van der Waals surface area contributed by atoms with E-state index in [2.05, 4.69) is 26.5 Å². The van der Waals surface area contributed by atoms with E-state index in [9.17, 15) is 4.79 Å². The van der Waals surface area contributed by atoms with E-state index >= 15 is 0 Å². The number of ether oxygens (including phenoxy) is 2. The predicted octanol–water partition coefficient (Wildman–Crippen LogP) is 5.18. The van der Waals surface area contributed by atoms with Gasteiger partial charge in [0.05, 0.1) is 24.6 Å². The standard InChI is InChI=1S/C22H19BrN2O4/c1-28-20-11-17(13-24-25-18-9-5-8-16(10-18)22(26)27)19(23)12-21(20)29-14-15-6-3-2-4-7-15/h2-13,25H,14H2,1H3,(H,26,27)/b24-13-. The summed E-state index contributed by atoms with van der Waals surface area (Å²) in [6.07, 6.45) is 1.61. The molecule has 0 saturated heterocycles. The van der Waals surface area contributed by atoms with Crippen LogP contribution >= 0.6 is 15.9 Å². The molecule has 3 aromatic rings. The quantitative estimate of drug-likeness (QED) is 0.362. The maximum absolute atomic E-state index is 11.0. The number of carboxylic acids is 1. The Balaban J connectivity index is 1.72. The molecule has 2 N–H and O–H groups in total. The molecule has 3 aromatic carbocycles. The third kappa shape index (κ3) is 5.58. The smallest absolute Gasteiger partial charge is 0.335 e. The van der Waals surface area contributed by atoms with E-state index in [1.54, 1.807) is 25.5 Å². The van der Waals surface area contributed by atoms with Gasteiger partial charge in [0.15, 0.2) is 11.5 Å². The second-order valence-corrected chi connectivity index (χ2v) is 6.91. The molecule has 0 aliphatic carbocycles. The Hall–Kier alpha value is -3.32. The highest BCUT2D eigenvalue weighted by molar-refractivity contribution is 9.10. The van der Waals surface area contributed by atoms with Gasteiger partial charge in [-0.1, -0.05) is 36.4 Å². The Bertz CT molecular complexity index is 1020. The molecule has 0 radical (unpaired) electrons. The number of rotatable bonds is 8. The maximum atomic E-state index is 11.0. The predicted molar refractivity (Wildman–Crippen MR) is 116 cm³/mol. The van der Waals surface area contributed by atoms with Crippen molar-refractivity contribution >= 4 is 33.8 Å². The first-order chi connectivity index (χ1) is 14.1. The molecular formula is C22H19BrN2O4. The lowest BCUT2D eigenvalue weighted by atomic mass is 10.2. The summed E-state index contributed by atoms with van der Waals surface area (Å²) < 4.78 is 12.1. The van der Waals surface area contributed by atoms with Crippen LogP contribution < -0.4 is 14.9 Å². The topological polar surface area (TPSA) is 80.2 Å². The minimum atomic E-state index is -0.990. The van der Waals surface area contributed by atoms with E-state index in [4.69, 9.17) is 14.6 Å². The van der Waals surface area contributed by atoms with Gasteiger partial charge in [-0.15, -0.1) is 0 Å². The number of nitrogens with zero attached hydrogens (tertiary/aromatic N) is 1. The van der Waals surface area contributed by atoms with Crippen molar-refractivity contribution in [2.45, 2.75) is 6.61 Å². The Morgan fingerprint density at radius 2 is 1.90 bits per heavy atom. The van der Waals surface area contributed by atoms with Crippen molar-refractivity contribution in [1.29, 1.82) is 0 Å². The molecule has 0 amide bonds. The number of nitrogens with one attached hydrogen (secondary N) is 1. The zero-order valence-corrected chi connectivity index (χ0v) is 17.2. The van der Waals surface area contributed by atoms with Crippen LogP contribution in [0.4, 0.5) is 5.69 Å². The van der Waals surface area contributed by atoms with Crippen molar-refractivity contribution in [2.24, 2.45) is 5.10 Å². The second kappa shape index (κ2) is 9.75. The lowest BCUT2D eigenvalue weighted by Crippen LogP contribution is -2.00. The Labute approximate surface area is 176 Å². The number of benzene rings is 3. The monoisotopic (exact) mass is 454 g/mol. The van der Waals surface area contributed by atoms with E-state index in [1.807, 2.05) is 42.5 Å². The summed E-state index contributed by atoms with van der Waals surface area (Å²) >= 11 is 3.52. The fraction of sp³-hybridized carbons (Fsp3) is 0.0909. The molecule has 0 aliphatic heterocycles. The minimum Gasteiger partial charge on any atom is -0.493 e. The van der Waals surface area contributed by atoms with Gasteiger partial charge in [-0.05, 0) is 51.8 Å². The highest BCUT2D eigenvalue weighted by Gasteiger charge is 2.10. The fourth-order valence-electron chi connectivity index (χ4n) is 2.56. The van der Waals surface area contributed by atoms with Crippen molar-refractivity contribution in [3.8, 4) is 11.5 Å². The van der Waals surface area contributed by atoms with E-state index in [-0.39, 0.29) is 5.56 Å². The van der Waals surface area contributed by atoms with Gasteiger partial charge in [0.25, 0.3) is 0 Å². The zero-order chi connectivity index (χ0) is 20.6. The lowest BCUT2D eigenvalue weighted by molar-refractivity contribution is 0.0697. The van der Waals surface area contributed by atoms with Crippen LogP contribution in [0.25, 0.3) is 0 Å². The Kier molecular flexibility index (Phi) is 6.86. The SMILES string of the molecule is COc1cc(/C=N\Nc2cccc(C(=O)O)c2)c(Br)cc1OCc1ccccc1. The third-order valence-corrected chi connectivity index (χ3v) is 4.71. The Morgan fingerprint density at radius 3 is 2.62 bits per heavy atom. The number of anilines is 1. The summed E-state index contributed by atoms with van der Waals surface area (Å²) in [7, 11) is 1.58. The van der Waals surface area contributed by atoms with Gasteiger partial charge < -0.3 is 14.6 Å². The first kappa shape index (κ1) is 20.4. The number of halogens is 1. The number of carboxylic acid groups (broad SMARTS) is 1. The zero-order valence-electron chi connectivity index (χ0n) is 15.6. The molecule has 0 heterocycles. The van der Waals surface area contributed by atoms with Gasteiger partial charge in [-0.2, -0.15) is 5.10 Å². The van der Waals surface area contributed by atoms with Crippen molar-refractivity contribution in [1.82, 2.24) is 0 Å². The average molecular weight is 455 g/mol. The van der Waals surface area contributed by atoms with E-state index < -0.39 is 5.97 Å². The number of hydrogen-bond acceptors (Lipinski definition) is 5. The molecule has 3 rings (SSSR count). The molecular weight excluding hydrogens is 436 g/mol. The first-order valence-electron chi connectivity index (χ1n) is 8.73. The number of aromatic carboxylic acids is 1. The molecule has 0 atom stereocenters. The number of carbonyl (C=O) groups is 1. The molecule has 0 spiro atoms. The summed E-state index contributed by atoms with van der Waals surface area (Å²) in [5, 5.41) is 13.2. The summed E-state index contributed by atoms with van der Waals surface area (Å²) in [4.78, 5) is 11.0. The number of hydrogen-bond donors (Lipinski definition) is 2. The van der Waals surface area contributed by atoms with Gasteiger partial charge in [0, 0.05) is 10.0 Å². The molecule has 29 heavy (non-hydrogen) atoms. The second-order valence-electron chi connectivity index (χ2n) is 6.05. The lowest BCUT2D eigenvalue weighted by Gasteiger charge is -2.13. The van der Waals surface area contributed by atoms with Crippen LogP contribution in [0.3, 0.4) is 0 Å². The van der Waals surface area contributed by atoms with Crippen LogP contribution in [0.1, 0.15) is 21.5 Å². The highest BCUT2D eigenvalue weighted by Crippen LogP contribution is 2.33. The first-order valence-corrected chi connectivity index (χ1v) is 9.53. The normalized spacial score (nSPS) is 10.7. The van der Waals surface area contributed by atoms with Gasteiger partial charge in [-0.25, -0.2) is 4.79 Å². The molecule has 0 fully saturated rings.